The molecule has 0 spiro atoms. The van der Waals surface area contributed by atoms with Crippen LogP contribution in [0, 0.1) is 25.5 Å². The number of carbonyl (C=O) groups is 1. The molecular weight excluding hydrogens is 452 g/mol. The van der Waals surface area contributed by atoms with Gasteiger partial charge in [-0.15, -0.1) is 0 Å². The van der Waals surface area contributed by atoms with Gasteiger partial charge in [-0.3, -0.25) is 14.5 Å². The predicted molar refractivity (Wildman–Crippen MR) is 132 cm³/mol. The fourth-order valence-electron chi connectivity index (χ4n) is 5.10. The van der Waals surface area contributed by atoms with Crippen molar-refractivity contribution in [1.29, 1.82) is 0 Å². The molecule has 3 aromatic heterocycles. The third-order valence-electron chi connectivity index (χ3n) is 6.63. The van der Waals surface area contributed by atoms with Crippen LogP contribution in [0.15, 0.2) is 24.7 Å². The number of nitrogens with one attached hydrogen (secondary N) is 2. The molecule has 1 aromatic carbocycles. The number of rotatable bonds is 5. The minimum Gasteiger partial charge on any atom is -0.371 e. The molecule has 1 saturated heterocycles. The van der Waals surface area contributed by atoms with Gasteiger partial charge in [0.15, 0.2) is 5.82 Å². The monoisotopic (exact) mass is 481 g/mol. The van der Waals surface area contributed by atoms with E-state index in [0.717, 1.165) is 38.2 Å². The Labute approximate surface area is 201 Å². The van der Waals surface area contributed by atoms with Crippen molar-refractivity contribution >= 4 is 33.7 Å². The molecule has 1 aliphatic rings. The second-order valence-corrected chi connectivity index (χ2v) is 9.17. The van der Waals surface area contributed by atoms with Crippen molar-refractivity contribution in [3.63, 3.8) is 0 Å². The van der Waals surface area contributed by atoms with Crippen LogP contribution in [-0.2, 0) is 7.05 Å². The highest BCUT2D eigenvalue weighted by molar-refractivity contribution is 6.14. The van der Waals surface area contributed by atoms with Crippen molar-refractivity contribution in [2.45, 2.75) is 39.7 Å². The highest BCUT2D eigenvalue weighted by Gasteiger charge is 2.27. The summed E-state index contributed by atoms with van der Waals surface area (Å²) in [7, 11) is 1.74. The van der Waals surface area contributed by atoms with E-state index in [1.54, 1.807) is 42.4 Å². The predicted octanol–water partition coefficient (Wildman–Crippen LogP) is 3.95. The normalized spacial score (nSPS) is 14.9. The van der Waals surface area contributed by atoms with Crippen molar-refractivity contribution in [1.82, 2.24) is 24.5 Å². The Bertz CT molecular complexity index is 1430. The average molecular weight is 482 g/mol. The lowest BCUT2D eigenvalue weighted by molar-refractivity contribution is 0.102. The number of anilines is 2. The number of carbonyl (C=O) groups excluding carboxylic acids is 1. The van der Waals surface area contributed by atoms with Crippen molar-refractivity contribution in [2.24, 2.45) is 7.05 Å². The van der Waals surface area contributed by atoms with Crippen LogP contribution in [0.5, 0.6) is 0 Å². The second-order valence-electron chi connectivity index (χ2n) is 9.17. The number of piperidine rings is 1. The number of hydrogen-bond acceptors (Lipinski definition) is 5. The van der Waals surface area contributed by atoms with Crippen LogP contribution in [0.1, 0.15) is 41.5 Å². The van der Waals surface area contributed by atoms with E-state index in [4.69, 9.17) is 0 Å². The number of hydrogen-bond donors (Lipinski definition) is 2. The molecule has 35 heavy (non-hydrogen) atoms. The molecule has 184 valence electrons. The standard InChI is InChI=1S/C25H29F2N7O/c1-5-28-16-6-8-33(9-7-16)20-10-18(26)21(23-17(20)12-32(4)31-23)25(35)30-19-13-34-11-14(2)29-15(3)24(34)22(19)27/h10-13,16,28H,5-9H2,1-4H3,(H,30,35). The molecule has 1 aliphatic heterocycles. The van der Waals surface area contributed by atoms with Gasteiger partial charge in [0.1, 0.15) is 22.4 Å². The number of aromatic nitrogens is 4. The lowest BCUT2D eigenvalue weighted by atomic mass is 10.0. The zero-order valence-electron chi connectivity index (χ0n) is 20.3. The summed E-state index contributed by atoms with van der Waals surface area (Å²) in [4.78, 5) is 19.7. The van der Waals surface area contributed by atoms with Crippen molar-refractivity contribution < 1.29 is 13.6 Å². The molecule has 0 bridgehead atoms. The van der Waals surface area contributed by atoms with Gasteiger partial charge in [0.2, 0.25) is 0 Å². The topological polar surface area (TPSA) is 79.5 Å². The molecule has 0 saturated carbocycles. The van der Waals surface area contributed by atoms with E-state index in [1.165, 1.54) is 12.3 Å². The first-order chi connectivity index (χ1) is 16.8. The zero-order valence-corrected chi connectivity index (χ0v) is 20.3. The maximum absolute atomic E-state index is 15.5. The van der Waals surface area contributed by atoms with E-state index in [1.807, 2.05) is 0 Å². The Morgan fingerprint density at radius 3 is 2.63 bits per heavy atom. The maximum atomic E-state index is 15.5. The minimum absolute atomic E-state index is 0.0384. The molecule has 1 amide bonds. The molecule has 1 fully saturated rings. The highest BCUT2D eigenvalue weighted by atomic mass is 19.1. The lowest BCUT2D eigenvalue weighted by Gasteiger charge is -2.34. The maximum Gasteiger partial charge on any atom is 0.261 e. The molecule has 10 heteroatoms. The lowest BCUT2D eigenvalue weighted by Crippen LogP contribution is -2.42. The van der Waals surface area contributed by atoms with Gasteiger partial charge >= 0.3 is 0 Å². The molecule has 0 radical (unpaired) electrons. The van der Waals surface area contributed by atoms with Gasteiger partial charge in [-0.2, -0.15) is 5.10 Å². The summed E-state index contributed by atoms with van der Waals surface area (Å²) in [5.74, 6) is -2.04. The van der Waals surface area contributed by atoms with Crippen LogP contribution in [-0.4, -0.2) is 50.7 Å². The number of benzene rings is 1. The number of halogens is 2. The molecule has 4 heterocycles. The SMILES string of the molecule is CCNC1CCN(c2cc(F)c(C(=O)Nc3cn4cc(C)nc(C)c4c3F)c3nn(C)cc23)CC1. The number of nitrogens with zero attached hydrogens (tertiary/aromatic N) is 5. The fraction of sp³-hybridized carbons (Fsp3) is 0.400. The quantitative estimate of drug-likeness (QED) is 0.451. The molecule has 2 N–H and O–H groups in total. The van der Waals surface area contributed by atoms with Gasteiger partial charge < -0.3 is 19.9 Å². The Morgan fingerprint density at radius 2 is 1.91 bits per heavy atom. The molecule has 0 unspecified atom stereocenters. The van der Waals surface area contributed by atoms with Crippen LogP contribution in [0.25, 0.3) is 16.4 Å². The van der Waals surface area contributed by atoms with E-state index in [-0.39, 0.29) is 22.3 Å². The van der Waals surface area contributed by atoms with Crippen LogP contribution < -0.4 is 15.5 Å². The highest BCUT2D eigenvalue weighted by Crippen LogP contribution is 2.34. The van der Waals surface area contributed by atoms with Gasteiger partial charge in [-0.05, 0) is 39.3 Å². The Hall–Kier alpha value is -3.53. The van der Waals surface area contributed by atoms with E-state index in [2.05, 4.69) is 32.5 Å². The van der Waals surface area contributed by atoms with E-state index in [0.29, 0.717) is 22.8 Å². The molecule has 4 aromatic rings. The van der Waals surface area contributed by atoms with Crippen molar-refractivity contribution in [3.05, 3.63) is 53.2 Å². The zero-order chi connectivity index (χ0) is 24.9. The third kappa shape index (κ3) is 4.12. The fourth-order valence-corrected chi connectivity index (χ4v) is 5.10. The van der Waals surface area contributed by atoms with E-state index >= 15 is 8.78 Å². The first-order valence-electron chi connectivity index (χ1n) is 11.9. The molecule has 0 aliphatic carbocycles. The Kier molecular flexibility index (Phi) is 5.92. The molecular formula is C25H29F2N7O. The van der Waals surface area contributed by atoms with Gasteiger partial charge in [0.05, 0.1) is 22.8 Å². The summed E-state index contributed by atoms with van der Waals surface area (Å²) in [6, 6.07) is 1.85. The number of fused-ring (bicyclic) bond motifs is 2. The number of amides is 1. The average Bonchev–Trinajstić information content (AvgIpc) is 3.33. The summed E-state index contributed by atoms with van der Waals surface area (Å²) < 4.78 is 33.7. The largest absolute Gasteiger partial charge is 0.371 e. The van der Waals surface area contributed by atoms with Crippen LogP contribution in [0.3, 0.4) is 0 Å². The second kappa shape index (κ2) is 8.92. The van der Waals surface area contributed by atoms with Crippen molar-refractivity contribution in [3.8, 4) is 0 Å². The number of aryl methyl sites for hydroxylation is 3. The summed E-state index contributed by atoms with van der Waals surface area (Å²) >= 11 is 0. The van der Waals surface area contributed by atoms with Gasteiger partial charge in [0.25, 0.3) is 5.91 Å². The van der Waals surface area contributed by atoms with Crippen LogP contribution in [0.2, 0.25) is 0 Å². The summed E-state index contributed by atoms with van der Waals surface area (Å²) in [6.45, 7) is 8.08. The van der Waals surface area contributed by atoms with Gasteiger partial charge in [0, 0.05) is 50.2 Å². The molecule has 0 atom stereocenters. The van der Waals surface area contributed by atoms with E-state index in [9.17, 15) is 4.79 Å². The van der Waals surface area contributed by atoms with Gasteiger partial charge in [-0.1, -0.05) is 6.92 Å². The molecule has 8 nitrogen and oxygen atoms in total. The Balaban J connectivity index is 1.50. The minimum atomic E-state index is -0.749. The van der Waals surface area contributed by atoms with Crippen LogP contribution in [0.4, 0.5) is 20.2 Å². The summed E-state index contributed by atoms with van der Waals surface area (Å²) in [5, 5.41) is 11.1. The summed E-state index contributed by atoms with van der Waals surface area (Å²) in [5.41, 5.74) is 2.22. The molecule has 5 rings (SSSR count). The van der Waals surface area contributed by atoms with Gasteiger partial charge in [-0.25, -0.2) is 8.78 Å². The van der Waals surface area contributed by atoms with E-state index < -0.39 is 17.5 Å². The summed E-state index contributed by atoms with van der Waals surface area (Å²) in [6.07, 6.45) is 6.85. The Morgan fingerprint density at radius 1 is 1.17 bits per heavy atom. The first-order valence-corrected chi connectivity index (χ1v) is 11.9. The smallest absolute Gasteiger partial charge is 0.261 e. The third-order valence-corrected chi connectivity index (χ3v) is 6.63. The van der Waals surface area contributed by atoms with Crippen molar-refractivity contribution in [2.75, 3.05) is 29.9 Å². The first kappa shape index (κ1) is 23.2. The van der Waals surface area contributed by atoms with Crippen LogP contribution >= 0.6 is 0 Å².